The Bertz CT molecular complexity index is 736. The summed E-state index contributed by atoms with van der Waals surface area (Å²) in [4.78, 5) is 23.6. The second-order valence-electron chi connectivity index (χ2n) is 4.97. The number of carbonyl (C=O) groups excluding carboxylic acids is 2. The fraction of sp³-hybridized carbons (Fsp3) is 0.200. The van der Waals surface area contributed by atoms with Crippen LogP contribution in [0.4, 0.5) is 5.69 Å². The number of hydrogen-bond donors (Lipinski definition) is 2. The molecule has 7 nitrogen and oxygen atoms in total. The topological polar surface area (TPSA) is 90.4 Å². The van der Waals surface area contributed by atoms with Gasteiger partial charge in [0, 0.05) is 37.3 Å². The third-order valence-electron chi connectivity index (χ3n) is 3.40. The Morgan fingerprint density at radius 3 is 2.91 bits per heavy atom. The van der Waals surface area contributed by atoms with Gasteiger partial charge < -0.3 is 5.32 Å². The highest BCUT2D eigenvalue weighted by Gasteiger charge is 2.22. The summed E-state index contributed by atoms with van der Waals surface area (Å²) in [5, 5.41) is 14.8. The highest BCUT2D eigenvalue weighted by atomic mass is 16.2. The summed E-state index contributed by atoms with van der Waals surface area (Å²) in [7, 11) is 1.55. The van der Waals surface area contributed by atoms with E-state index in [0.29, 0.717) is 24.2 Å². The lowest BCUT2D eigenvalue weighted by molar-refractivity contribution is -0.130. The number of anilines is 1. The molecule has 0 aliphatic carbocycles. The molecule has 2 heterocycles. The van der Waals surface area contributed by atoms with Gasteiger partial charge in [-0.1, -0.05) is 12.1 Å². The zero-order chi connectivity index (χ0) is 15.5. The van der Waals surface area contributed by atoms with Gasteiger partial charge in [0.05, 0.1) is 5.69 Å². The van der Waals surface area contributed by atoms with E-state index in [2.05, 4.69) is 20.6 Å². The second kappa shape index (κ2) is 5.80. The van der Waals surface area contributed by atoms with E-state index in [1.54, 1.807) is 19.3 Å². The van der Waals surface area contributed by atoms with E-state index in [1.165, 1.54) is 5.01 Å². The first kappa shape index (κ1) is 14.0. The zero-order valence-electron chi connectivity index (χ0n) is 12.0. The number of nitrogens with one attached hydrogen (secondary N) is 2. The largest absolute Gasteiger partial charge is 0.321 e. The predicted octanol–water partition coefficient (Wildman–Crippen LogP) is 1.62. The third kappa shape index (κ3) is 2.88. The van der Waals surface area contributed by atoms with E-state index in [1.807, 2.05) is 24.3 Å². The number of aromatic amines is 1. The van der Waals surface area contributed by atoms with Crippen molar-refractivity contribution in [2.75, 3.05) is 12.4 Å². The Morgan fingerprint density at radius 1 is 1.32 bits per heavy atom. The molecule has 0 saturated heterocycles. The summed E-state index contributed by atoms with van der Waals surface area (Å²) < 4.78 is 0. The zero-order valence-corrected chi connectivity index (χ0v) is 12.0. The molecule has 112 valence electrons. The molecule has 3 rings (SSSR count). The smallest absolute Gasteiger partial charge is 0.271 e. The molecule has 0 fully saturated rings. The van der Waals surface area contributed by atoms with Crippen molar-refractivity contribution in [3.8, 4) is 11.3 Å². The minimum atomic E-state index is -0.291. The van der Waals surface area contributed by atoms with Crippen LogP contribution in [0, 0.1) is 0 Å². The van der Waals surface area contributed by atoms with Crippen LogP contribution < -0.4 is 5.32 Å². The van der Waals surface area contributed by atoms with Crippen LogP contribution in [0.3, 0.4) is 0 Å². The van der Waals surface area contributed by atoms with Crippen LogP contribution in [0.25, 0.3) is 11.3 Å². The van der Waals surface area contributed by atoms with Crippen LogP contribution in [0.5, 0.6) is 0 Å². The average molecular weight is 297 g/mol. The molecule has 2 N–H and O–H groups in total. The number of H-pyrrole nitrogens is 1. The summed E-state index contributed by atoms with van der Waals surface area (Å²) in [5.74, 6) is -0.376. The monoisotopic (exact) mass is 297 g/mol. The standard InChI is InChI=1S/C15H15N5O2/c1-20-14(21)6-5-13(19-20)15(22)17-11-4-2-3-10(9-11)12-7-8-16-18-12/h2-4,7-9H,5-6H2,1H3,(H,16,18)(H,17,22). The summed E-state index contributed by atoms with van der Waals surface area (Å²) in [6.45, 7) is 0. The van der Waals surface area contributed by atoms with E-state index in [9.17, 15) is 9.59 Å². The number of carbonyl (C=O) groups is 2. The van der Waals surface area contributed by atoms with Crippen LogP contribution >= 0.6 is 0 Å². The van der Waals surface area contributed by atoms with Crippen molar-refractivity contribution >= 4 is 23.2 Å². The summed E-state index contributed by atoms with van der Waals surface area (Å²) in [6, 6.07) is 9.28. The molecule has 2 amide bonds. The quantitative estimate of drug-likeness (QED) is 0.902. The van der Waals surface area contributed by atoms with Crippen molar-refractivity contribution in [1.82, 2.24) is 15.2 Å². The average Bonchev–Trinajstić information content (AvgIpc) is 3.04. The molecular weight excluding hydrogens is 282 g/mol. The van der Waals surface area contributed by atoms with E-state index in [4.69, 9.17) is 0 Å². The van der Waals surface area contributed by atoms with Crippen molar-refractivity contribution in [2.45, 2.75) is 12.8 Å². The SMILES string of the molecule is CN1N=C(C(=O)Nc2cccc(-c3ccn[nH]3)c2)CCC1=O. The molecule has 0 saturated carbocycles. The maximum Gasteiger partial charge on any atom is 0.271 e. The van der Waals surface area contributed by atoms with Crippen LogP contribution in [0.1, 0.15) is 12.8 Å². The number of hydrogen-bond acceptors (Lipinski definition) is 4. The predicted molar refractivity (Wildman–Crippen MR) is 82.1 cm³/mol. The number of amides is 2. The lowest BCUT2D eigenvalue weighted by Crippen LogP contribution is -2.34. The van der Waals surface area contributed by atoms with Gasteiger partial charge >= 0.3 is 0 Å². The van der Waals surface area contributed by atoms with Crippen molar-refractivity contribution < 1.29 is 9.59 Å². The molecular formula is C15H15N5O2. The molecule has 0 bridgehead atoms. The summed E-state index contributed by atoms with van der Waals surface area (Å²) in [5.41, 5.74) is 2.82. The Kier molecular flexibility index (Phi) is 3.69. The van der Waals surface area contributed by atoms with Crippen LogP contribution in [-0.2, 0) is 9.59 Å². The van der Waals surface area contributed by atoms with E-state index < -0.39 is 0 Å². The minimum absolute atomic E-state index is 0.0854. The van der Waals surface area contributed by atoms with Gasteiger partial charge in [-0.3, -0.25) is 14.7 Å². The van der Waals surface area contributed by atoms with Crippen LogP contribution in [-0.4, -0.2) is 39.8 Å². The molecule has 1 aromatic heterocycles. The molecule has 0 atom stereocenters. The number of hydrazone groups is 1. The molecule has 0 unspecified atom stereocenters. The van der Waals surface area contributed by atoms with E-state index in [-0.39, 0.29) is 11.8 Å². The van der Waals surface area contributed by atoms with Gasteiger partial charge in [0.15, 0.2) is 0 Å². The van der Waals surface area contributed by atoms with Gasteiger partial charge in [0.1, 0.15) is 5.71 Å². The molecule has 0 spiro atoms. The van der Waals surface area contributed by atoms with Gasteiger partial charge in [0.2, 0.25) is 5.91 Å². The molecule has 1 aliphatic heterocycles. The Morgan fingerprint density at radius 2 is 2.18 bits per heavy atom. The van der Waals surface area contributed by atoms with Gasteiger partial charge in [-0.25, -0.2) is 5.01 Å². The fourth-order valence-electron chi connectivity index (χ4n) is 2.22. The van der Waals surface area contributed by atoms with E-state index in [0.717, 1.165) is 11.3 Å². The van der Waals surface area contributed by atoms with Gasteiger partial charge in [-0.05, 0) is 18.2 Å². The second-order valence-corrected chi connectivity index (χ2v) is 4.97. The van der Waals surface area contributed by atoms with Crippen molar-refractivity contribution in [2.24, 2.45) is 5.10 Å². The lowest BCUT2D eigenvalue weighted by atomic mass is 10.1. The Labute approximate surface area is 127 Å². The first-order chi connectivity index (χ1) is 10.6. The minimum Gasteiger partial charge on any atom is -0.321 e. The first-order valence-electron chi connectivity index (χ1n) is 6.88. The molecule has 1 aliphatic rings. The molecule has 0 radical (unpaired) electrons. The highest BCUT2D eigenvalue weighted by Crippen LogP contribution is 2.20. The van der Waals surface area contributed by atoms with Crippen molar-refractivity contribution in [3.63, 3.8) is 0 Å². The maximum atomic E-state index is 12.2. The van der Waals surface area contributed by atoms with Gasteiger partial charge in [0.25, 0.3) is 5.91 Å². The van der Waals surface area contributed by atoms with Crippen molar-refractivity contribution in [3.05, 3.63) is 36.5 Å². The lowest BCUT2D eigenvalue weighted by Gasteiger charge is -2.19. The molecule has 7 heteroatoms. The molecule has 1 aromatic carbocycles. The highest BCUT2D eigenvalue weighted by molar-refractivity contribution is 6.43. The van der Waals surface area contributed by atoms with E-state index >= 15 is 0 Å². The molecule has 22 heavy (non-hydrogen) atoms. The first-order valence-corrected chi connectivity index (χ1v) is 6.88. The van der Waals surface area contributed by atoms with Crippen molar-refractivity contribution in [1.29, 1.82) is 0 Å². The van der Waals surface area contributed by atoms with Gasteiger partial charge in [-0.15, -0.1) is 0 Å². The number of rotatable bonds is 3. The number of nitrogens with zero attached hydrogens (tertiary/aromatic N) is 3. The summed E-state index contributed by atoms with van der Waals surface area (Å²) >= 11 is 0. The summed E-state index contributed by atoms with van der Waals surface area (Å²) in [6.07, 6.45) is 2.33. The van der Waals surface area contributed by atoms with Crippen LogP contribution in [0.2, 0.25) is 0 Å². The number of aromatic nitrogens is 2. The third-order valence-corrected chi connectivity index (χ3v) is 3.40. The van der Waals surface area contributed by atoms with Crippen LogP contribution in [0.15, 0.2) is 41.6 Å². The maximum absolute atomic E-state index is 12.2. The Hall–Kier alpha value is -2.96. The normalized spacial score (nSPS) is 14.7. The number of benzene rings is 1. The van der Waals surface area contributed by atoms with Gasteiger partial charge in [-0.2, -0.15) is 10.2 Å². The Balaban J connectivity index is 1.76. The fourth-order valence-corrected chi connectivity index (χ4v) is 2.22. The molecule has 2 aromatic rings.